The number of hydrogen-bond donors (Lipinski definition) is 0. The van der Waals surface area contributed by atoms with Crippen LogP contribution >= 0.6 is 0 Å². The molecule has 0 saturated carbocycles. The maximum atomic E-state index is 9.07. The lowest BCUT2D eigenvalue weighted by Crippen LogP contribution is -1.99. The number of benzene rings is 2. The van der Waals surface area contributed by atoms with Gasteiger partial charge in [-0.2, -0.15) is 5.26 Å². The molecule has 0 aliphatic carbocycles. The van der Waals surface area contributed by atoms with Gasteiger partial charge in [0.1, 0.15) is 12.4 Å². The van der Waals surface area contributed by atoms with Gasteiger partial charge in [-0.1, -0.05) is 24.3 Å². The number of para-hydroxylation sites is 2. The molecule has 1 heterocycles. The highest BCUT2D eigenvalue weighted by Gasteiger charge is 2.12. The molecule has 0 fully saturated rings. The summed E-state index contributed by atoms with van der Waals surface area (Å²) in [4.78, 5) is 4.68. The maximum absolute atomic E-state index is 9.07. The van der Waals surface area contributed by atoms with Crippen LogP contribution in [0.1, 0.15) is 11.1 Å². The Morgan fingerprint density at radius 2 is 1.90 bits per heavy atom. The van der Waals surface area contributed by atoms with Crippen molar-refractivity contribution in [1.29, 1.82) is 5.26 Å². The molecule has 0 aliphatic rings. The Morgan fingerprint density at radius 3 is 2.65 bits per heavy atom. The third kappa shape index (κ3) is 1.96. The maximum Gasteiger partial charge on any atom is 0.142 e. The third-order valence-electron chi connectivity index (χ3n) is 3.65. The van der Waals surface area contributed by atoms with Crippen LogP contribution in [-0.4, -0.2) is 9.55 Å². The Labute approximate surface area is 118 Å². The van der Waals surface area contributed by atoms with Gasteiger partial charge in [0.05, 0.1) is 17.1 Å². The fourth-order valence-electron chi connectivity index (χ4n) is 2.41. The normalized spacial score (nSPS) is 10.7. The minimum Gasteiger partial charge on any atom is -0.310 e. The molecule has 0 amide bonds. The van der Waals surface area contributed by atoms with E-state index in [1.807, 2.05) is 28.8 Å². The van der Waals surface area contributed by atoms with Gasteiger partial charge < -0.3 is 4.57 Å². The summed E-state index contributed by atoms with van der Waals surface area (Å²) in [6.45, 7) is 4.50. The topological polar surface area (TPSA) is 41.6 Å². The monoisotopic (exact) mass is 261 g/mol. The second kappa shape index (κ2) is 4.82. The molecule has 0 radical (unpaired) electrons. The van der Waals surface area contributed by atoms with Gasteiger partial charge in [-0.3, -0.25) is 0 Å². The fraction of sp³-hybridized carbons (Fsp3) is 0.176. The highest BCUT2D eigenvalue weighted by Crippen LogP contribution is 2.26. The largest absolute Gasteiger partial charge is 0.310 e. The predicted molar refractivity (Wildman–Crippen MR) is 80.3 cm³/mol. The zero-order chi connectivity index (χ0) is 14.1. The van der Waals surface area contributed by atoms with E-state index >= 15 is 0 Å². The number of fused-ring (bicyclic) bond motifs is 1. The quantitative estimate of drug-likeness (QED) is 0.703. The molecule has 0 aliphatic heterocycles. The molecule has 3 aromatic rings. The highest BCUT2D eigenvalue weighted by atomic mass is 15.1. The average molecular weight is 261 g/mol. The summed E-state index contributed by atoms with van der Waals surface area (Å²) in [6, 6.07) is 16.4. The van der Waals surface area contributed by atoms with Crippen molar-refractivity contribution in [3.8, 4) is 17.5 Å². The van der Waals surface area contributed by atoms with Crippen LogP contribution in [0.5, 0.6) is 0 Å². The van der Waals surface area contributed by atoms with Crippen molar-refractivity contribution in [3.05, 3.63) is 53.6 Å². The van der Waals surface area contributed by atoms with E-state index in [-0.39, 0.29) is 0 Å². The molecule has 0 unspecified atom stereocenters. The van der Waals surface area contributed by atoms with Crippen molar-refractivity contribution in [1.82, 2.24) is 9.55 Å². The van der Waals surface area contributed by atoms with E-state index in [0.29, 0.717) is 6.54 Å². The average Bonchev–Trinajstić information content (AvgIpc) is 2.82. The first kappa shape index (κ1) is 12.4. The van der Waals surface area contributed by atoms with Crippen LogP contribution < -0.4 is 0 Å². The Kier molecular flexibility index (Phi) is 3.00. The molecule has 98 valence electrons. The second-order valence-corrected chi connectivity index (χ2v) is 4.97. The van der Waals surface area contributed by atoms with E-state index in [0.717, 1.165) is 22.4 Å². The molecule has 0 spiro atoms. The highest BCUT2D eigenvalue weighted by molar-refractivity contribution is 5.80. The SMILES string of the molecule is Cc1ccc(-c2nc3ccccc3n2CC#N)cc1C. The Balaban J connectivity index is 2.27. The molecule has 20 heavy (non-hydrogen) atoms. The first-order chi connectivity index (χ1) is 9.70. The summed E-state index contributed by atoms with van der Waals surface area (Å²) in [7, 11) is 0. The zero-order valence-corrected chi connectivity index (χ0v) is 11.6. The van der Waals surface area contributed by atoms with Crippen LogP contribution in [0.25, 0.3) is 22.4 Å². The first-order valence-electron chi connectivity index (χ1n) is 6.60. The second-order valence-electron chi connectivity index (χ2n) is 4.97. The predicted octanol–water partition coefficient (Wildman–Crippen LogP) is 3.84. The smallest absolute Gasteiger partial charge is 0.142 e. The van der Waals surface area contributed by atoms with E-state index in [2.05, 4.69) is 43.1 Å². The summed E-state index contributed by atoms with van der Waals surface area (Å²) < 4.78 is 1.97. The Bertz CT molecular complexity index is 822. The minimum atomic E-state index is 0.308. The molecule has 0 bridgehead atoms. The van der Waals surface area contributed by atoms with Crippen LogP contribution in [0, 0.1) is 25.2 Å². The molecule has 2 aromatic carbocycles. The van der Waals surface area contributed by atoms with Gasteiger partial charge in [0.15, 0.2) is 0 Å². The zero-order valence-electron chi connectivity index (χ0n) is 11.6. The molecule has 0 N–H and O–H groups in total. The van der Waals surface area contributed by atoms with E-state index in [9.17, 15) is 0 Å². The summed E-state index contributed by atoms with van der Waals surface area (Å²) in [6.07, 6.45) is 0. The van der Waals surface area contributed by atoms with Gasteiger partial charge in [0.25, 0.3) is 0 Å². The summed E-state index contributed by atoms with van der Waals surface area (Å²) in [5.74, 6) is 0.857. The van der Waals surface area contributed by atoms with Crippen molar-refractivity contribution < 1.29 is 0 Å². The lowest BCUT2D eigenvalue weighted by Gasteiger charge is -2.07. The molecule has 0 atom stereocenters. The minimum absolute atomic E-state index is 0.308. The molecule has 3 nitrogen and oxygen atoms in total. The van der Waals surface area contributed by atoms with Crippen molar-refractivity contribution in [3.63, 3.8) is 0 Å². The van der Waals surface area contributed by atoms with Gasteiger partial charge in [-0.05, 0) is 43.2 Å². The fourth-order valence-corrected chi connectivity index (χ4v) is 2.41. The number of aromatic nitrogens is 2. The van der Waals surface area contributed by atoms with E-state index in [1.165, 1.54) is 11.1 Å². The number of imidazole rings is 1. The number of rotatable bonds is 2. The Morgan fingerprint density at radius 1 is 1.10 bits per heavy atom. The molecular weight excluding hydrogens is 246 g/mol. The van der Waals surface area contributed by atoms with Crippen LogP contribution in [0.15, 0.2) is 42.5 Å². The molecule has 1 aromatic heterocycles. The number of hydrogen-bond acceptors (Lipinski definition) is 2. The van der Waals surface area contributed by atoms with Gasteiger partial charge in [0.2, 0.25) is 0 Å². The van der Waals surface area contributed by atoms with Crippen molar-refractivity contribution in [2.75, 3.05) is 0 Å². The van der Waals surface area contributed by atoms with Gasteiger partial charge >= 0.3 is 0 Å². The molecule has 3 heteroatoms. The third-order valence-corrected chi connectivity index (χ3v) is 3.65. The number of nitrogens with zero attached hydrogens (tertiary/aromatic N) is 3. The van der Waals surface area contributed by atoms with Crippen LogP contribution in [0.3, 0.4) is 0 Å². The number of nitriles is 1. The van der Waals surface area contributed by atoms with E-state index in [1.54, 1.807) is 0 Å². The standard InChI is InChI=1S/C17H15N3/c1-12-7-8-14(11-13(12)2)17-19-15-5-3-4-6-16(15)20(17)10-9-18/h3-8,11H,10H2,1-2H3. The lowest BCUT2D eigenvalue weighted by molar-refractivity contribution is 0.870. The van der Waals surface area contributed by atoms with Crippen molar-refractivity contribution in [2.24, 2.45) is 0 Å². The van der Waals surface area contributed by atoms with Crippen LogP contribution in [0.4, 0.5) is 0 Å². The van der Waals surface area contributed by atoms with Crippen LogP contribution in [0.2, 0.25) is 0 Å². The van der Waals surface area contributed by atoms with Crippen molar-refractivity contribution >= 4 is 11.0 Å². The molecular formula is C17H15N3. The molecule has 0 saturated heterocycles. The van der Waals surface area contributed by atoms with Crippen LogP contribution in [-0.2, 0) is 6.54 Å². The van der Waals surface area contributed by atoms with E-state index < -0.39 is 0 Å². The Hall–Kier alpha value is -2.60. The van der Waals surface area contributed by atoms with Gasteiger partial charge in [-0.25, -0.2) is 4.98 Å². The van der Waals surface area contributed by atoms with Crippen molar-refractivity contribution in [2.45, 2.75) is 20.4 Å². The lowest BCUT2D eigenvalue weighted by atomic mass is 10.1. The van der Waals surface area contributed by atoms with Gasteiger partial charge in [0, 0.05) is 5.56 Å². The summed E-state index contributed by atoms with van der Waals surface area (Å²) in [5.41, 5.74) is 5.48. The first-order valence-corrected chi connectivity index (χ1v) is 6.60. The number of aryl methyl sites for hydroxylation is 2. The summed E-state index contributed by atoms with van der Waals surface area (Å²) >= 11 is 0. The molecule has 3 rings (SSSR count). The van der Waals surface area contributed by atoms with E-state index in [4.69, 9.17) is 5.26 Å². The summed E-state index contributed by atoms with van der Waals surface area (Å²) in [5, 5.41) is 9.07. The van der Waals surface area contributed by atoms with Gasteiger partial charge in [-0.15, -0.1) is 0 Å².